The summed E-state index contributed by atoms with van der Waals surface area (Å²) in [6.45, 7) is 0.936. The molecule has 0 aromatic carbocycles. The van der Waals surface area contributed by atoms with Crippen LogP contribution in [0, 0.1) is 5.92 Å². The van der Waals surface area contributed by atoms with Gasteiger partial charge in [-0.15, -0.1) is 0 Å². The Kier molecular flexibility index (Phi) is 15.3. The van der Waals surface area contributed by atoms with Crippen LogP contribution in [0.25, 0.3) is 0 Å². The summed E-state index contributed by atoms with van der Waals surface area (Å²) in [5.74, 6) is -2.69. The Hall–Kier alpha value is -9.81. The number of carbonyl (C=O) groups excluding carboxylic acids is 8. The number of hydrogen-bond donors (Lipinski definition) is 6. The van der Waals surface area contributed by atoms with E-state index in [0.717, 1.165) is 19.4 Å². The molecule has 2 aliphatic heterocycles. The zero-order valence-electron chi connectivity index (χ0n) is 44.8. The highest BCUT2D eigenvalue weighted by Gasteiger charge is 2.39. The third-order valence-corrected chi connectivity index (χ3v) is 13.8. The fourth-order valence-corrected chi connectivity index (χ4v) is 9.79. The minimum absolute atomic E-state index is 0.0111. The summed E-state index contributed by atoms with van der Waals surface area (Å²) in [6.07, 6.45) is 15.8. The van der Waals surface area contributed by atoms with Gasteiger partial charge in [-0.2, -0.15) is 0 Å². The van der Waals surface area contributed by atoms with Gasteiger partial charge in [-0.05, 0) is 55.7 Å². The van der Waals surface area contributed by atoms with Gasteiger partial charge in [0.25, 0.3) is 29.5 Å². The van der Waals surface area contributed by atoms with Crippen LogP contribution in [-0.4, -0.2) is 119 Å². The van der Waals surface area contributed by atoms with Crippen molar-refractivity contribution in [3.05, 3.63) is 131 Å². The topological polar surface area (TPSA) is 282 Å². The summed E-state index contributed by atoms with van der Waals surface area (Å²) in [7, 11) is 12.7. The molecule has 1 fully saturated rings. The second-order valence-electron chi connectivity index (χ2n) is 19.4. The first-order chi connectivity index (χ1) is 37.8. The lowest BCUT2D eigenvalue weighted by Gasteiger charge is -2.27. The lowest BCUT2D eigenvalue weighted by atomic mass is 9.93. The van der Waals surface area contributed by atoms with Crippen molar-refractivity contribution in [3.63, 3.8) is 0 Å². The number of esters is 1. The second kappa shape index (κ2) is 22.4. The van der Waals surface area contributed by atoms with E-state index in [1.165, 1.54) is 60.3 Å². The van der Waals surface area contributed by atoms with E-state index in [0.29, 0.717) is 64.2 Å². The first-order valence-corrected chi connectivity index (χ1v) is 25.2. The Morgan fingerprint density at radius 3 is 1.37 bits per heavy atom. The van der Waals surface area contributed by atoms with E-state index in [-0.39, 0.29) is 65.0 Å². The molecular weight excluding hydrogens is 1020 g/mol. The quantitative estimate of drug-likeness (QED) is 0.0472. The van der Waals surface area contributed by atoms with Crippen molar-refractivity contribution < 1.29 is 52.6 Å². The zero-order valence-corrected chi connectivity index (χ0v) is 44.8. The van der Waals surface area contributed by atoms with Gasteiger partial charge in [0.05, 0.1) is 72.6 Å². The van der Waals surface area contributed by atoms with Crippen LogP contribution in [-0.2, 0) is 66.1 Å². The highest BCUT2D eigenvalue weighted by molar-refractivity contribution is 6.10. The summed E-state index contributed by atoms with van der Waals surface area (Å²) in [5.41, 5.74) is 4.06. The Balaban J connectivity index is 0.737. The first kappa shape index (κ1) is 54.0. The maximum absolute atomic E-state index is 13.5. The number of carbonyl (C=O) groups is 8. The number of amides is 7. The van der Waals surface area contributed by atoms with Crippen LogP contribution >= 0.6 is 0 Å². The minimum atomic E-state index is -0.556. The molecule has 2 atom stereocenters. The van der Waals surface area contributed by atoms with Gasteiger partial charge in [-0.25, -0.2) is 4.79 Å². The van der Waals surface area contributed by atoms with Gasteiger partial charge in [0.1, 0.15) is 39.9 Å². The van der Waals surface area contributed by atoms with Gasteiger partial charge in [-0.3, -0.25) is 38.6 Å². The highest BCUT2D eigenvalue weighted by atomic mass is 16.5. The molecular formula is C54H60N14O11. The number of nitrogens with one attached hydrogen (secondary N) is 6. The molecule has 8 heterocycles. The standard InChI is InChI=1S/C54H60N14O11/c1-62-24-30(56-47(69)12-10-14-79-46-22-38-37(21-45(46)77-7)53(75)68-13-9-11-36(68)23-55-38)15-39(62)48(70)57-31-16-40(63(2)25-31)49(71)58-32-17-41(64(3)26-32)50(72)59-33-18-42(65(4)27-33)51(73)60-34-19-43(66(5)28-34)52(74)61-35-20-44(54(76)78-8)67(6)29-35/h15-20,22-29,36-37H,9-14,21H2,1-8H3,(H,56,69)(H,57,70)(H,58,71)(H,59,72)(H,60,73)(H,61,74). The van der Waals surface area contributed by atoms with Crippen LogP contribution in [0.3, 0.4) is 0 Å². The van der Waals surface area contributed by atoms with Crippen molar-refractivity contribution in [1.82, 2.24) is 32.3 Å². The second-order valence-corrected chi connectivity index (χ2v) is 19.4. The van der Waals surface area contributed by atoms with Crippen molar-refractivity contribution in [3.8, 4) is 0 Å². The van der Waals surface area contributed by atoms with Crippen LogP contribution in [0.1, 0.15) is 95.0 Å². The number of aliphatic imine (C=N–C) groups is 1. The van der Waals surface area contributed by atoms with Crippen LogP contribution < -0.4 is 31.9 Å². The number of nitrogens with zero attached hydrogens (tertiary/aromatic N) is 8. The number of aromatic nitrogens is 6. The molecule has 1 saturated heterocycles. The maximum atomic E-state index is 13.5. The van der Waals surface area contributed by atoms with Crippen molar-refractivity contribution >= 4 is 87.7 Å². The van der Waals surface area contributed by atoms with E-state index in [1.54, 1.807) is 103 Å². The Bertz CT molecular complexity index is 3560. The summed E-state index contributed by atoms with van der Waals surface area (Å²) < 4.78 is 25.6. The van der Waals surface area contributed by atoms with Gasteiger partial charge in [0, 0.05) is 111 Å². The summed E-state index contributed by atoms with van der Waals surface area (Å²) in [5, 5.41) is 16.7. The van der Waals surface area contributed by atoms with Crippen LogP contribution in [0.2, 0.25) is 0 Å². The number of ether oxygens (including phenoxy) is 3. The average Bonchev–Trinajstić information content (AvgIpc) is 4.37. The van der Waals surface area contributed by atoms with Gasteiger partial charge in [-0.1, -0.05) is 0 Å². The molecule has 6 N–H and O–H groups in total. The fraction of sp³-hybridized carbons (Fsp3) is 0.315. The molecule has 412 valence electrons. The molecule has 2 unspecified atom stereocenters. The van der Waals surface area contributed by atoms with Crippen LogP contribution in [0.5, 0.6) is 0 Å². The van der Waals surface area contributed by atoms with E-state index in [9.17, 15) is 38.4 Å². The SMILES string of the molecule is COC(=O)c1cc(NC(=O)c2cc(NC(=O)c3cc(NC(=O)c4cc(NC(=O)c5cc(NC(=O)c6cc(NC(=O)CCCOC7=C(OC)CC8C(=O)N9CCCC9C=NC8=C7)cn6C)cn5C)cn4C)cn3C)cn2C)cn1C. The largest absolute Gasteiger partial charge is 0.497 e. The molecule has 6 aromatic rings. The number of anilines is 6. The predicted molar refractivity (Wildman–Crippen MR) is 291 cm³/mol. The monoisotopic (exact) mass is 1080 g/mol. The van der Waals surface area contributed by atoms with Crippen molar-refractivity contribution in [2.45, 2.75) is 38.1 Å². The molecule has 79 heavy (non-hydrogen) atoms. The summed E-state index contributed by atoms with van der Waals surface area (Å²) in [6, 6.07) is 9.03. The van der Waals surface area contributed by atoms with E-state index in [1.807, 2.05) is 11.1 Å². The van der Waals surface area contributed by atoms with Crippen molar-refractivity contribution in [2.75, 3.05) is 59.3 Å². The Labute approximate surface area is 452 Å². The molecule has 6 aromatic heterocycles. The van der Waals surface area contributed by atoms with Gasteiger partial charge >= 0.3 is 5.97 Å². The number of methoxy groups -OCH3 is 2. The van der Waals surface area contributed by atoms with Crippen molar-refractivity contribution in [1.29, 1.82) is 0 Å². The zero-order chi connectivity index (χ0) is 56.4. The molecule has 25 heteroatoms. The number of aryl methyl sites for hydroxylation is 6. The fourth-order valence-electron chi connectivity index (χ4n) is 9.79. The smallest absolute Gasteiger partial charge is 0.354 e. The number of hydrogen-bond acceptors (Lipinski definition) is 12. The molecule has 0 saturated carbocycles. The Morgan fingerprint density at radius 1 is 0.570 bits per heavy atom. The lowest BCUT2D eigenvalue weighted by Crippen LogP contribution is -2.39. The lowest BCUT2D eigenvalue weighted by molar-refractivity contribution is -0.134. The predicted octanol–water partition coefficient (Wildman–Crippen LogP) is 5.34. The van der Waals surface area contributed by atoms with Crippen LogP contribution in [0.15, 0.2) is 102 Å². The molecule has 7 amide bonds. The minimum Gasteiger partial charge on any atom is -0.497 e. The van der Waals surface area contributed by atoms with Gasteiger partial charge in [0.2, 0.25) is 11.8 Å². The Morgan fingerprint density at radius 2 is 0.962 bits per heavy atom. The average molecular weight is 1080 g/mol. The molecule has 1 aliphatic carbocycles. The number of fused-ring (bicyclic) bond motifs is 2. The maximum Gasteiger partial charge on any atom is 0.354 e. The van der Waals surface area contributed by atoms with Gasteiger partial charge < -0.3 is 78.4 Å². The third-order valence-electron chi connectivity index (χ3n) is 13.8. The summed E-state index contributed by atoms with van der Waals surface area (Å²) >= 11 is 0. The number of allylic oxidation sites excluding steroid dienone is 2. The molecule has 0 radical (unpaired) electrons. The molecule has 9 rings (SSSR count). The first-order valence-electron chi connectivity index (χ1n) is 25.2. The molecule has 3 aliphatic rings. The molecule has 25 nitrogen and oxygen atoms in total. The van der Waals surface area contributed by atoms with Crippen molar-refractivity contribution in [2.24, 2.45) is 53.2 Å². The third kappa shape index (κ3) is 11.6. The molecule has 0 spiro atoms. The summed E-state index contributed by atoms with van der Waals surface area (Å²) in [4.78, 5) is 112. The van der Waals surface area contributed by atoms with Gasteiger partial charge in [0.15, 0.2) is 5.76 Å². The van der Waals surface area contributed by atoms with E-state index >= 15 is 0 Å². The molecule has 0 bridgehead atoms. The number of rotatable bonds is 18. The van der Waals surface area contributed by atoms with E-state index in [2.05, 4.69) is 36.9 Å². The van der Waals surface area contributed by atoms with E-state index < -0.39 is 41.4 Å². The normalized spacial score (nSPS) is 15.6. The van der Waals surface area contributed by atoms with E-state index in [4.69, 9.17) is 14.2 Å². The van der Waals surface area contributed by atoms with Crippen LogP contribution in [0.4, 0.5) is 34.1 Å². The highest BCUT2D eigenvalue weighted by Crippen LogP contribution is 2.36.